The zero-order chi connectivity index (χ0) is 15.2. The van der Waals surface area contributed by atoms with E-state index in [-0.39, 0.29) is 23.7 Å². The Hall–Kier alpha value is -1.07. The quantitative estimate of drug-likeness (QED) is 0.822. The van der Waals surface area contributed by atoms with Crippen molar-refractivity contribution in [3.8, 4) is 0 Å². The molecule has 1 fully saturated rings. The Morgan fingerprint density at radius 3 is 2.71 bits per heavy atom. The van der Waals surface area contributed by atoms with Crippen LogP contribution in [0, 0.1) is 11.7 Å². The molecule has 3 nitrogen and oxygen atoms in total. The fourth-order valence-corrected chi connectivity index (χ4v) is 3.35. The van der Waals surface area contributed by atoms with E-state index in [1.165, 1.54) is 23.9 Å². The predicted molar refractivity (Wildman–Crippen MR) is 82.7 cm³/mol. The number of carbonyl (C=O) groups excluding carboxylic acids is 1. The van der Waals surface area contributed by atoms with Gasteiger partial charge in [0.25, 0.3) is 0 Å². The number of thioether (sulfide) groups is 1. The summed E-state index contributed by atoms with van der Waals surface area (Å²) in [4.78, 5) is 13.1. The van der Waals surface area contributed by atoms with Crippen LogP contribution in [0.4, 0.5) is 4.39 Å². The van der Waals surface area contributed by atoms with E-state index in [0.29, 0.717) is 5.75 Å². The number of rotatable bonds is 5. The molecule has 5 heteroatoms. The molecule has 0 aromatic heterocycles. The van der Waals surface area contributed by atoms with Gasteiger partial charge >= 0.3 is 0 Å². The summed E-state index contributed by atoms with van der Waals surface area (Å²) in [5, 5.41) is 12.8. The van der Waals surface area contributed by atoms with Gasteiger partial charge in [-0.15, -0.1) is 11.8 Å². The lowest BCUT2D eigenvalue weighted by Crippen LogP contribution is -2.47. The third-order valence-electron chi connectivity index (χ3n) is 3.82. The highest BCUT2D eigenvalue weighted by Gasteiger charge is 2.26. The lowest BCUT2D eigenvalue weighted by molar-refractivity contribution is -0.125. The van der Waals surface area contributed by atoms with Gasteiger partial charge in [-0.05, 0) is 37.1 Å². The highest BCUT2D eigenvalue weighted by molar-refractivity contribution is 7.99. The van der Waals surface area contributed by atoms with Crippen molar-refractivity contribution >= 4 is 17.7 Å². The maximum absolute atomic E-state index is 12.8. The number of amides is 1. The van der Waals surface area contributed by atoms with Gasteiger partial charge in [0.05, 0.1) is 12.1 Å². The number of aliphatic hydroxyl groups is 1. The fourth-order valence-electron chi connectivity index (χ4n) is 2.43. The molecule has 3 unspecified atom stereocenters. The van der Waals surface area contributed by atoms with Gasteiger partial charge in [-0.1, -0.05) is 19.8 Å². The number of benzene rings is 1. The second-order valence-corrected chi connectivity index (χ2v) is 6.73. The first kappa shape index (κ1) is 16.3. The van der Waals surface area contributed by atoms with E-state index in [0.717, 1.165) is 30.6 Å². The molecule has 116 valence electrons. The minimum Gasteiger partial charge on any atom is -0.391 e. The Balaban J connectivity index is 1.78. The molecule has 2 N–H and O–H groups in total. The van der Waals surface area contributed by atoms with E-state index in [2.05, 4.69) is 5.32 Å². The fraction of sp³-hybridized carbons (Fsp3) is 0.562. The van der Waals surface area contributed by atoms with E-state index < -0.39 is 6.10 Å². The molecule has 0 aliphatic heterocycles. The van der Waals surface area contributed by atoms with Crippen LogP contribution in [-0.4, -0.2) is 28.9 Å². The number of carbonyl (C=O) groups is 1. The minimum absolute atomic E-state index is 0.0180. The molecule has 0 heterocycles. The van der Waals surface area contributed by atoms with Gasteiger partial charge in [0.15, 0.2) is 0 Å². The summed E-state index contributed by atoms with van der Waals surface area (Å²) in [6.45, 7) is 1.88. The van der Waals surface area contributed by atoms with Crippen LogP contribution in [0.3, 0.4) is 0 Å². The number of aliphatic hydroxyl groups excluding tert-OH is 1. The van der Waals surface area contributed by atoms with Crippen LogP contribution in [0.2, 0.25) is 0 Å². The second-order valence-electron chi connectivity index (χ2n) is 5.63. The van der Waals surface area contributed by atoms with Crippen molar-refractivity contribution in [2.75, 3.05) is 5.75 Å². The minimum atomic E-state index is -0.417. The molecule has 1 aliphatic carbocycles. The Morgan fingerprint density at radius 1 is 1.38 bits per heavy atom. The number of hydrogen-bond donors (Lipinski definition) is 2. The number of hydrogen-bond acceptors (Lipinski definition) is 3. The number of nitrogens with one attached hydrogen (secondary N) is 1. The monoisotopic (exact) mass is 311 g/mol. The maximum Gasteiger partial charge on any atom is 0.223 e. The molecular weight excluding hydrogens is 289 g/mol. The molecule has 21 heavy (non-hydrogen) atoms. The zero-order valence-corrected chi connectivity index (χ0v) is 13.0. The third kappa shape index (κ3) is 5.00. The maximum atomic E-state index is 12.8. The van der Waals surface area contributed by atoms with Crippen molar-refractivity contribution in [1.29, 1.82) is 0 Å². The van der Waals surface area contributed by atoms with Crippen LogP contribution in [-0.2, 0) is 4.79 Å². The third-order valence-corrected chi connectivity index (χ3v) is 5.09. The van der Waals surface area contributed by atoms with Crippen molar-refractivity contribution in [3.63, 3.8) is 0 Å². The van der Waals surface area contributed by atoms with Crippen LogP contribution in [0.1, 0.15) is 32.6 Å². The molecule has 1 aromatic carbocycles. The average molecular weight is 311 g/mol. The first-order chi connectivity index (χ1) is 10.1. The lowest BCUT2D eigenvalue weighted by Gasteiger charge is -2.29. The first-order valence-corrected chi connectivity index (χ1v) is 8.41. The van der Waals surface area contributed by atoms with E-state index >= 15 is 0 Å². The van der Waals surface area contributed by atoms with Crippen molar-refractivity contribution in [3.05, 3.63) is 30.1 Å². The molecule has 2 rings (SSSR count). The van der Waals surface area contributed by atoms with Gasteiger partial charge in [0.1, 0.15) is 5.82 Å². The predicted octanol–water partition coefficient (Wildman–Crippen LogP) is 2.97. The average Bonchev–Trinajstić information content (AvgIpc) is 2.48. The normalized spacial score (nSPS) is 23.6. The van der Waals surface area contributed by atoms with E-state index in [1.54, 1.807) is 12.1 Å². The molecular formula is C16H22FNO2S. The van der Waals surface area contributed by atoms with Gasteiger partial charge in [-0.2, -0.15) is 0 Å². The summed E-state index contributed by atoms with van der Waals surface area (Å²) in [5.41, 5.74) is 0. The molecule has 1 saturated carbocycles. The Kier molecular flexibility index (Phi) is 6.06. The van der Waals surface area contributed by atoms with Crippen LogP contribution in [0.15, 0.2) is 29.2 Å². The van der Waals surface area contributed by atoms with Crippen LogP contribution in [0.25, 0.3) is 0 Å². The molecule has 1 amide bonds. The van der Waals surface area contributed by atoms with E-state index in [4.69, 9.17) is 0 Å². The number of halogens is 1. The first-order valence-electron chi connectivity index (χ1n) is 7.43. The SMILES string of the molecule is CC(CSc1ccc(F)cc1)C(=O)NC1CCCCC1O. The standard InChI is InChI=1S/C16H22FNO2S/c1-11(10-21-13-8-6-12(17)7-9-13)16(20)18-14-4-2-3-5-15(14)19/h6-9,11,14-15,19H,2-5,10H2,1H3,(H,18,20). The van der Waals surface area contributed by atoms with Crippen molar-refractivity contribution in [1.82, 2.24) is 5.32 Å². The largest absolute Gasteiger partial charge is 0.391 e. The Labute approximate surface area is 129 Å². The van der Waals surface area contributed by atoms with Crippen LogP contribution in [0.5, 0.6) is 0 Å². The van der Waals surface area contributed by atoms with Gasteiger partial charge in [-0.25, -0.2) is 4.39 Å². The molecule has 0 saturated heterocycles. The van der Waals surface area contributed by atoms with Gasteiger partial charge < -0.3 is 10.4 Å². The summed E-state index contributed by atoms with van der Waals surface area (Å²) >= 11 is 1.54. The van der Waals surface area contributed by atoms with Gasteiger partial charge in [0, 0.05) is 16.6 Å². The molecule has 0 spiro atoms. The van der Waals surface area contributed by atoms with Crippen LogP contribution >= 0.6 is 11.8 Å². The molecule has 1 aliphatic rings. The van der Waals surface area contributed by atoms with Gasteiger partial charge in [0.2, 0.25) is 5.91 Å². The summed E-state index contributed by atoms with van der Waals surface area (Å²) < 4.78 is 12.8. The van der Waals surface area contributed by atoms with Crippen molar-refractivity contribution < 1.29 is 14.3 Å². The van der Waals surface area contributed by atoms with E-state index in [1.807, 2.05) is 6.92 Å². The summed E-state index contributed by atoms with van der Waals surface area (Å²) in [5.74, 6) is 0.224. The topological polar surface area (TPSA) is 49.3 Å². The van der Waals surface area contributed by atoms with Gasteiger partial charge in [-0.3, -0.25) is 4.79 Å². The lowest BCUT2D eigenvalue weighted by atomic mass is 9.92. The van der Waals surface area contributed by atoms with Crippen molar-refractivity contribution in [2.45, 2.75) is 49.6 Å². The summed E-state index contributed by atoms with van der Waals surface area (Å²) in [7, 11) is 0. The van der Waals surface area contributed by atoms with Crippen molar-refractivity contribution in [2.24, 2.45) is 5.92 Å². The molecule has 0 bridgehead atoms. The van der Waals surface area contributed by atoms with Crippen LogP contribution < -0.4 is 5.32 Å². The molecule has 3 atom stereocenters. The zero-order valence-electron chi connectivity index (χ0n) is 12.2. The van der Waals surface area contributed by atoms with E-state index in [9.17, 15) is 14.3 Å². The second kappa shape index (κ2) is 7.80. The summed E-state index contributed by atoms with van der Waals surface area (Å²) in [6, 6.07) is 6.17. The highest BCUT2D eigenvalue weighted by atomic mass is 32.2. The molecule has 0 radical (unpaired) electrons. The Bertz CT molecular complexity index is 466. The highest BCUT2D eigenvalue weighted by Crippen LogP contribution is 2.22. The Morgan fingerprint density at radius 2 is 2.05 bits per heavy atom. The smallest absolute Gasteiger partial charge is 0.223 e. The summed E-state index contributed by atoms with van der Waals surface area (Å²) in [6.07, 6.45) is 3.29. The molecule has 1 aromatic rings.